The van der Waals surface area contributed by atoms with Gasteiger partial charge in [0.1, 0.15) is 5.75 Å². The van der Waals surface area contributed by atoms with Crippen molar-refractivity contribution in [1.82, 2.24) is 15.0 Å². The van der Waals surface area contributed by atoms with Crippen LogP contribution >= 0.6 is 0 Å². The minimum Gasteiger partial charge on any atom is -0.506 e. The van der Waals surface area contributed by atoms with E-state index in [1.807, 2.05) is 23.6 Å². The van der Waals surface area contributed by atoms with E-state index in [-0.39, 0.29) is 47.4 Å². The molecule has 0 radical (unpaired) electrons. The molecule has 0 unspecified atom stereocenters. The number of carbonyl (C=O) groups excluding carboxylic acids is 2. The number of phenolic OH excluding ortho intramolecular Hbond substituents is 1. The topological polar surface area (TPSA) is 240 Å². The summed E-state index contributed by atoms with van der Waals surface area (Å²) in [6, 6.07) is 10.9. The number of anilines is 6. The van der Waals surface area contributed by atoms with Gasteiger partial charge in [-0.3, -0.25) is 9.59 Å². The second-order valence-corrected chi connectivity index (χ2v) is 12.6. The van der Waals surface area contributed by atoms with Crippen LogP contribution in [-0.2, 0) is 4.79 Å². The average molecular weight is 633 g/mol. The molecule has 1 aromatic heterocycles. The molecule has 0 bridgehead atoms. The van der Waals surface area contributed by atoms with Gasteiger partial charge in [0.05, 0.1) is 5.69 Å². The molecule has 0 aliphatic carbocycles. The Labute approximate surface area is 268 Å². The standard InChI is InChI=1S/C31H44N12O3/c1-17(2)9-27(45)36-24-7-8-25(26(44)12-24)38-28(46)18-3-5-23(6-4-18)37-29-39-30(42-13-19(32)10-20(33)14-42)41-31(40-29)43-15-21(34)11-22(35)16-43/h3-8,12,17,19-22,44H,9-11,13-16,32-35H2,1-2H3,(H,36,45)(H,38,46)(H,37,39,40,41)/t19-,20+,21-,22+. The normalized spacial score (nSPS) is 21.6. The molecule has 15 nitrogen and oxygen atoms in total. The molecule has 2 amide bonds. The minimum atomic E-state index is -0.418. The van der Waals surface area contributed by atoms with Gasteiger partial charge in [0.15, 0.2) is 0 Å². The predicted molar refractivity (Wildman–Crippen MR) is 179 cm³/mol. The molecular formula is C31H44N12O3. The van der Waals surface area contributed by atoms with Crippen LogP contribution in [0, 0.1) is 5.92 Å². The van der Waals surface area contributed by atoms with Gasteiger partial charge in [-0.2, -0.15) is 15.0 Å². The van der Waals surface area contributed by atoms with Crippen LogP contribution in [0.4, 0.5) is 34.9 Å². The Hall–Kier alpha value is -4.57. The molecule has 46 heavy (non-hydrogen) atoms. The van der Waals surface area contributed by atoms with E-state index in [4.69, 9.17) is 27.9 Å². The van der Waals surface area contributed by atoms with E-state index in [0.29, 0.717) is 67.4 Å². The number of nitrogens with one attached hydrogen (secondary N) is 3. The first-order chi connectivity index (χ1) is 21.9. The Morgan fingerprint density at radius 1 is 0.804 bits per heavy atom. The van der Waals surface area contributed by atoms with Crippen molar-refractivity contribution in [2.45, 2.75) is 57.3 Å². The zero-order chi connectivity index (χ0) is 33.0. The summed E-state index contributed by atoms with van der Waals surface area (Å²) < 4.78 is 0. The van der Waals surface area contributed by atoms with Gasteiger partial charge in [-0.25, -0.2) is 0 Å². The maximum Gasteiger partial charge on any atom is 0.255 e. The molecule has 3 heterocycles. The van der Waals surface area contributed by atoms with Crippen molar-refractivity contribution in [3.8, 4) is 5.75 Å². The summed E-state index contributed by atoms with van der Waals surface area (Å²) in [6.07, 6.45) is 1.80. The Morgan fingerprint density at radius 3 is 1.83 bits per heavy atom. The van der Waals surface area contributed by atoms with Crippen molar-refractivity contribution in [2.75, 3.05) is 51.9 Å². The maximum absolute atomic E-state index is 13.0. The lowest BCUT2D eigenvalue weighted by molar-refractivity contribution is -0.116. The molecule has 4 atom stereocenters. The highest BCUT2D eigenvalue weighted by Gasteiger charge is 2.29. The molecule has 2 saturated heterocycles. The highest BCUT2D eigenvalue weighted by atomic mass is 16.3. The van der Waals surface area contributed by atoms with Gasteiger partial charge in [0.2, 0.25) is 23.8 Å². The largest absolute Gasteiger partial charge is 0.506 e. The Morgan fingerprint density at radius 2 is 1.33 bits per heavy atom. The van der Waals surface area contributed by atoms with Crippen molar-refractivity contribution in [3.63, 3.8) is 0 Å². The maximum atomic E-state index is 13.0. The minimum absolute atomic E-state index is 0.105. The Kier molecular flexibility index (Phi) is 10.2. The summed E-state index contributed by atoms with van der Waals surface area (Å²) in [5.74, 6) is 0.685. The number of piperidine rings is 2. The summed E-state index contributed by atoms with van der Waals surface area (Å²) in [5.41, 5.74) is 26.7. The van der Waals surface area contributed by atoms with E-state index < -0.39 is 5.91 Å². The second-order valence-electron chi connectivity index (χ2n) is 12.6. The number of phenols is 1. The van der Waals surface area contributed by atoms with Crippen molar-refractivity contribution >= 4 is 46.7 Å². The molecule has 2 aliphatic heterocycles. The number of benzene rings is 2. The molecule has 2 fully saturated rings. The first-order valence-electron chi connectivity index (χ1n) is 15.5. The van der Waals surface area contributed by atoms with Gasteiger partial charge >= 0.3 is 0 Å². The van der Waals surface area contributed by atoms with Crippen molar-refractivity contribution in [3.05, 3.63) is 48.0 Å². The number of rotatable bonds is 9. The van der Waals surface area contributed by atoms with Crippen LogP contribution in [-0.4, -0.2) is 82.2 Å². The second kappa shape index (κ2) is 14.2. The van der Waals surface area contributed by atoms with E-state index >= 15 is 0 Å². The number of aromatic hydroxyl groups is 1. The van der Waals surface area contributed by atoms with Crippen LogP contribution in [0.25, 0.3) is 0 Å². The van der Waals surface area contributed by atoms with Crippen LogP contribution in [0.1, 0.15) is 43.5 Å². The number of nitrogens with zero attached hydrogens (tertiary/aromatic N) is 5. The molecule has 5 rings (SSSR count). The highest BCUT2D eigenvalue weighted by molar-refractivity contribution is 6.05. The highest BCUT2D eigenvalue weighted by Crippen LogP contribution is 2.28. The number of nitrogens with two attached hydrogens (primary N) is 4. The predicted octanol–water partition coefficient (Wildman–Crippen LogP) is 1.29. The molecule has 15 heteroatoms. The molecule has 0 saturated carbocycles. The van der Waals surface area contributed by atoms with E-state index in [0.717, 1.165) is 12.8 Å². The van der Waals surface area contributed by atoms with E-state index in [1.165, 1.54) is 12.1 Å². The molecule has 2 aliphatic rings. The summed E-state index contributed by atoms with van der Waals surface area (Å²) in [6.45, 7) is 6.14. The van der Waals surface area contributed by atoms with Gasteiger partial charge in [-0.15, -0.1) is 0 Å². The van der Waals surface area contributed by atoms with E-state index in [1.54, 1.807) is 30.3 Å². The molecule has 2 aromatic carbocycles. The molecule has 246 valence electrons. The zero-order valence-corrected chi connectivity index (χ0v) is 26.2. The third-order valence-corrected chi connectivity index (χ3v) is 7.73. The monoisotopic (exact) mass is 632 g/mol. The van der Waals surface area contributed by atoms with E-state index in [2.05, 4.69) is 25.9 Å². The van der Waals surface area contributed by atoms with Gasteiger partial charge in [-0.05, 0) is 55.2 Å². The first kappa shape index (κ1) is 32.8. The van der Waals surface area contributed by atoms with Crippen LogP contribution in [0.15, 0.2) is 42.5 Å². The lowest BCUT2D eigenvalue weighted by atomic mass is 10.0. The molecule has 0 spiro atoms. The van der Waals surface area contributed by atoms with Crippen LogP contribution in [0.2, 0.25) is 0 Å². The number of hydrogen-bond acceptors (Lipinski definition) is 13. The smallest absolute Gasteiger partial charge is 0.255 e. The number of aromatic nitrogens is 3. The van der Waals surface area contributed by atoms with Crippen molar-refractivity contribution in [2.24, 2.45) is 28.9 Å². The lowest BCUT2D eigenvalue weighted by Gasteiger charge is -2.37. The van der Waals surface area contributed by atoms with Gasteiger partial charge in [0, 0.05) is 79.8 Å². The number of amides is 2. The van der Waals surface area contributed by atoms with E-state index in [9.17, 15) is 14.7 Å². The molecule has 3 aromatic rings. The van der Waals surface area contributed by atoms with Gasteiger partial charge < -0.3 is 53.8 Å². The summed E-state index contributed by atoms with van der Waals surface area (Å²) in [5, 5.41) is 19.1. The lowest BCUT2D eigenvalue weighted by Crippen LogP contribution is -2.54. The fraction of sp³-hybridized carbons (Fsp3) is 0.452. The first-order valence-corrected chi connectivity index (χ1v) is 15.5. The Bertz CT molecular complexity index is 1470. The summed E-state index contributed by atoms with van der Waals surface area (Å²) in [7, 11) is 0. The zero-order valence-electron chi connectivity index (χ0n) is 26.2. The van der Waals surface area contributed by atoms with Crippen molar-refractivity contribution in [1.29, 1.82) is 0 Å². The third-order valence-electron chi connectivity index (χ3n) is 7.73. The fourth-order valence-electron chi connectivity index (χ4n) is 5.70. The van der Waals surface area contributed by atoms with Crippen LogP contribution in [0.5, 0.6) is 5.75 Å². The number of carbonyl (C=O) groups is 2. The quantitative estimate of drug-likeness (QED) is 0.155. The molecular weight excluding hydrogens is 588 g/mol. The van der Waals surface area contributed by atoms with Crippen LogP contribution < -0.4 is 48.7 Å². The molecule has 12 N–H and O–H groups in total. The SMILES string of the molecule is CC(C)CC(=O)Nc1ccc(NC(=O)c2ccc(Nc3nc(N4C[C@H](N)C[C@H](N)C4)nc(N4C[C@H](N)C[C@H](N)C4)n3)cc2)c(O)c1. The van der Waals surface area contributed by atoms with Crippen LogP contribution in [0.3, 0.4) is 0 Å². The summed E-state index contributed by atoms with van der Waals surface area (Å²) in [4.78, 5) is 43.0. The fourth-order valence-corrected chi connectivity index (χ4v) is 5.70. The Balaban J connectivity index is 1.30. The number of hydrogen-bond donors (Lipinski definition) is 8. The average Bonchev–Trinajstić information content (AvgIpc) is 2.97. The van der Waals surface area contributed by atoms with Gasteiger partial charge in [0.25, 0.3) is 5.91 Å². The van der Waals surface area contributed by atoms with Gasteiger partial charge in [-0.1, -0.05) is 13.8 Å². The van der Waals surface area contributed by atoms with Crippen molar-refractivity contribution < 1.29 is 14.7 Å². The third kappa shape index (κ3) is 8.57. The summed E-state index contributed by atoms with van der Waals surface area (Å²) >= 11 is 0.